The highest BCUT2D eigenvalue weighted by Gasteiger charge is 2.13. The molecule has 0 saturated heterocycles. The van der Waals surface area contributed by atoms with E-state index in [1.807, 2.05) is 50.9 Å². The molecule has 16 aromatic rings. The van der Waals surface area contributed by atoms with Crippen LogP contribution in [-0.4, -0.2) is 29.9 Å². The van der Waals surface area contributed by atoms with Gasteiger partial charge in [0.1, 0.15) is 5.82 Å². The third-order valence-corrected chi connectivity index (χ3v) is 14.9. The van der Waals surface area contributed by atoms with Gasteiger partial charge in [-0.25, -0.2) is 15.0 Å². The molecule has 366 valence electrons. The molecule has 0 amide bonds. The third kappa shape index (κ3) is 8.41. The maximum atomic E-state index is 7.58. The van der Waals surface area contributed by atoms with Crippen molar-refractivity contribution in [3.63, 3.8) is 0 Å². The molecule has 0 fully saturated rings. The molecule has 0 spiro atoms. The summed E-state index contributed by atoms with van der Waals surface area (Å²) in [6, 6.07) is 69.9. The molecule has 16 rings (SSSR count). The maximum Gasteiger partial charge on any atom is 0.128 e. The molecule has 6 heteroatoms. The molecule has 0 aliphatic heterocycles. The Balaban J connectivity index is 0.0000000989. The molecule has 6 nitrogen and oxygen atoms in total. The molecule has 77 heavy (non-hydrogen) atoms. The molecular formula is C71H52N6. The molecule has 0 unspecified atom stereocenters. The number of aryl methyl sites for hydroxylation is 4. The summed E-state index contributed by atoms with van der Waals surface area (Å²) >= 11 is 0. The zero-order chi connectivity index (χ0) is 52.7. The molecule has 0 aliphatic rings. The van der Waals surface area contributed by atoms with Crippen molar-refractivity contribution in [1.82, 2.24) is 29.9 Å². The average molecular weight is 990 g/mol. The van der Waals surface area contributed by atoms with Crippen LogP contribution in [0.15, 0.2) is 231 Å². The van der Waals surface area contributed by atoms with Gasteiger partial charge in [-0.15, -0.1) is 0 Å². The summed E-state index contributed by atoms with van der Waals surface area (Å²) in [4.78, 5) is 27.3. The van der Waals surface area contributed by atoms with Crippen molar-refractivity contribution in [2.45, 2.75) is 34.1 Å². The molecule has 0 radical (unpaired) electrons. The number of hydrogen-bond acceptors (Lipinski definition) is 6. The van der Waals surface area contributed by atoms with Gasteiger partial charge in [0.05, 0.1) is 22.2 Å². The van der Waals surface area contributed by atoms with Crippen molar-refractivity contribution in [3.8, 4) is 0 Å². The fraction of sp³-hybridized carbons (Fsp3) is 0.0704. The van der Waals surface area contributed by atoms with Crippen LogP contribution in [0.2, 0.25) is 0 Å². The predicted molar refractivity (Wildman–Crippen MR) is 326 cm³/mol. The van der Waals surface area contributed by atoms with Crippen molar-refractivity contribution < 1.29 is 1.37 Å². The first kappa shape index (κ1) is 45.8. The van der Waals surface area contributed by atoms with E-state index < -0.39 is 0 Å². The number of benzene rings is 12. The van der Waals surface area contributed by atoms with Crippen molar-refractivity contribution in [3.05, 3.63) is 254 Å². The fourth-order valence-electron chi connectivity index (χ4n) is 11.3. The molecule has 0 saturated carbocycles. The van der Waals surface area contributed by atoms with Crippen LogP contribution in [0.25, 0.3) is 130 Å². The molecular weight excluding hydrogens is 937 g/mol. The van der Waals surface area contributed by atoms with Crippen LogP contribution in [0.5, 0.6) is 0 Å². The number of hydrogen-bond donors (Lipinski definition) is 0. The highest BCUT2D eigenvalue weighted by atomic mass is 14.9. The molecule has 0 atom stereocenters. The summed E-state index contributed by atoms with van der Waals surface area (Å²) in [6.07, 6.45) is 10.4. The second-order valence-corrected chi connectivity index (χ2v) is 19.6. The first-order chi connectivity index (χ1) is 38.4. The van der Waals surface area contributed by atoms with Gasteiger partial charge in [0, 0.05) is 76.8 Å². The van der Waals surface area contributed by atoms with Gasteiger partial charge >= 0.3 is 0 Å². The largest absolute Gasteiger partial charge is 0.264 e. The van der Waals surface area contributed by atoms with Gasteiger partial charge in [0.25, 0.3) is 0 Å². The number of nitrogens with zero attached hydrogens (tertiary/aromatic N) is 6. The first-order valence-corrected chi connectivity index (χ1v) is 26.2. The Morgan fingerprint density at radius 1 is 0.312 bits per heavy atom. The summed E-state index contributed by atoms with van der Waals surface area (Å²) < 4.78 is 7.58. The number of pyridine rings is 2. The van der Waals surface area contributed by atoms with Crippen molar-refractivity contribution >= 4 is 130 Å². The Morgan fingerprint density at radius 3 is 1.25 bits per heavy atom. The lowest BCUT2D eigenvalue weighted by atomic mass is 9.94. The quantitative estimate of drug-likeness (QED) is 0.153. The second kappa shape index (κ2) is 19.8. The minimum atomic E-state index is 0.318. The Morgan fingerprint density at radius 2 is 0.714 bits per heavy atom. The number of fused-ring (bicyclic) bond motifs is 24. The Kier molecular flexibility index (Phi) is 11.8. The lowest BCUT2D eigenvalue weighted by Gasteiger charge is -2.10. The normalized spacial score (nSPS) is 11.6. The average Bonchev–Trinajstić information content (AvgIpc) is 3.53. The van der Waals surface area contributed by atoms with E-state index >= 15 is 0 Å². The Hall–Kier alpha value is -9.78. The standard InChI is InChI=1S/C18H14N2.2C18H13N.C17H12N2/c1-2-17-19-11-16-14-9-4-3-7-12(14)13-8-5-6-10-15(13)18(16)20-17;1-12-10-17-15-8-4-2-6-13(15)14-7-3-5-9-16(14)18(17)11-19-12;1-12-6-7-15-16-8-9-19-11-18(16)14-5-3-2-4-13(14)17(15)10-12;1-11-10-18-16-14-8-4-2-6-12(14)13-7-3-5-9-15(13)17(16)19-11/h3-11H,2H2,1H3;2*2-11H,1H3;2-10H,1H3/i;;1D;. The Bertz CT molecular complexity index is 4540. The smallest absolute Gasteiger partial charge is 0.128 e. The summed E-state index contributed by atoms with van der Waals surface area (Å²) in [5, 5.41) is 26.0. The summed E-state index contributed by atoms with van der Waals surface area (Å²) in [6.45, 7) is 6.43. The lowest BCUT2D eigenvalue weighted by molar-refractivity contribution is 0.963. The third-order valence-electron chi connectivity index (χ3n) is 14.9. The van der Waals surface area contributed by atoms with E-state index in [0.717, 1.165) is 51.1 Å². The minimum Gasteiger partial charge on any atom is -0.264 e. The van der Waals surface area contributed by atoms with Crippen molar-refractivity contribution in [1.29, 1.82) is 0 Å². The molecule has 4 heterocycles. The van der Waals surface area contributed by atoms with E-state index in [4.69, 9.17) is 11.3 Å². The summed E-state index contributed by atoms with van der Waals surface area (Å²) in [5.41, 5.74) is 6.11. The molecule has 0 N–H and O–H groups in total. The summed E-state index contributed by atoms with van der Waals surface area (Å²) in [5.74, 6) is 0.901. The van der Waals surface area contributed by atoms with Crippen LogP contribution < -0.4 is 0 Å². The van der Waals surface area contributed by atoms with E-state index in [0.29, 0.717) is 6.90 Å². The van der Waals surface area contributed by atoms with Crippen LogP contribution in [0, 0.1) is 20.7 Å². The van der Waals surface area contributed by atoms with Crippen molar-refractivity contribution in [2.75, 3.05) is 0 Å². The zero-order valence-corrected chi connectivity index (χ0v) is 43.0. The molecule has 0 bridgehead atoms. The van der Waals surface area contributed by atoms with E-state index in [2.05, 4.69) is 221 Å². The van der Waals surface area contributed by atoms with Gasteiger partial charge in [0.15, 0.2) is 0 Å². The van der Waals surface area contributed by atoms with E-state index in [-0.39, 0.29) is 0 Å². The van der Waals surface area contributed by atoms with Crippen LogP contribution >= 0.6 is 0 Å². The van der Waals surface area contributed by atoms with Crippen LogP contribution in [0.3, 0.4) is 0 Å². The molecule has 12 aromatic carbocycles. The van der Waals surface area contributed by atoms with E-state index in [9.17, 15) is 0 Å². The molecule has 0 aliphatic carbocycles. The monoisotopic (exact) mass is 989 g/mol. The SMILES string of the molecule is CCc1ncc2c3ccccc3c3ccccc3c2n1.Cc1cc2c3ccccc3c3ccccc3c2cn1.Cc1cnc2c3ccccc3c3ccccc3c2n1.[2H]Cc1ccc2c3ccncc3c3ccccc3c2c1. The van der Waals surface area contributed by atoms with Crippen LogP contribution in [0.1, 0.15) is 31.1 Å². The lowest BCUT2D eigenvalue weighted by Crippen LogP contribution is -1.94. The van der Waals surface area contributed by atoms with Gasteiger partial charge in [-0.3, -0.25) is 15.0 Å². The van der Waals surface area contributed by atoms with Crippen molar-refractivity contribution in [2.24, 2.45) is 0 Å². The van der Waals surface area contributed by atoms with Gasteiger partial charge in [0.2, 0.25) is 0 Å². The zero-order valence-electron chi connectivity index (χ0n) is 44.0. The Labute approximate surface area is 446 Å². The highest BCUT2D eigenvalue weighted by molar-refractivity contribution is 6.27. The van der Waals surface area contributed by atoms with Gasteiger partial charge in [-0.1, -0.05) is 201 Å². The van der Waals surface area contributed by atoms with Gasteiger partial charge < -0.3 is 0 Å². The number of aromatic nitrogens is 6. The summed E-state index contributed by atoms with van der Waals surface area (Å²) in [7, 11) is 0. The second-order valence-electron chi connectivity index (χ2n) is 19.6. The van der Waals surface area contributed by atoms with Gasteiger partial charge in [-0.05, 0) is 114 Å². The predicted octanol–water partition coefficient (Wildman–Crippen LogP) is 18.4. The van der Waals surface area contributed by atoms with Crippen LogP contribution in [-0.2, 0) is 6.42 Å². The van der Waals surface area contributed by atoms with E-state index in [1.165, 1.54) is 108 Å². The number of rotatable bonds is 1. The minimum absolute atomic E-state index is 0.318. The van der Waals surface area contributed by atoms with Gasteiger partial charge in [-0.2, -0.15) is 0 Å². The highest BCUT2D eigenvalue weighted by Crippen LogP contribution is 2.38. The maximum absolute atomic E-state index is 7.58. The van der Waals surface area contributed by atoms with E-state index in [1.54, 1.807) is 0 Å². The fourth-order valence-corrected chi connectivity index (χ4v) is 11.3. The first-order valence-electron chi connectivity index (χ1n) is 26.9. The topological polar surface area (TPSA) is 77.3 Å². The van der Waals surface area contributed by atoms with Crippen LogP contribution in [0.4, 0.5) is 0 Å². The molecule has 4 aromatic heterocycles.